The molecule has 0 amide bonds. The third kappa shape index (κ3) is 2.66. The molecule has 106 valence electrons. The molecule has 0 unspecified atom stereocenters. The average Bonchev–Trinajstić information content (AvgIpc) is 2.95. The van der Waals surface area contributed by atoms with E-state index in [9.17, 15) is 0 Å². The first-order valence-electron chi connectivity index (χ1n) is 7.07. The molecule has 1 N–H and O–H groups in total. The van der Waals surface area contributed by atoms with Gasteiger partial charge in [-0.1, -0.05) is 40.9 Å². The summed E-state index contributed by atoms with van der Waals surface area (Å²) in [6, 6.07) is 8.25. The number of fused-ring (bicyclic) bond motifs is 1. The largest absolute Gasteiger partial charge is 0.369 e. The SMILES string of the molecule is ClCC1(CNc2nccc3c(Br)cccc23)CCCC1. The van der Waals surface area contributed by atoms with Crippen molar-refractivity contribution in [1.29, 1.82) is 0 Å². The summed E-state index contributed by atoms with van der Waals surface area (Å²) in [5.41, 5.74) is 0.247. The van der Waals surface area contributed by atoms with E-state index in [2.05, 4.69) is 38.4 Å². The lowest BCUT2D eigenvalue weighted by atomic mass is 9.88. The van der Waals surface area contributed by atoms with Crippen LogP contribution in [0.2, 0.25) is 0 Å². The summed E-state index contributed by atoms with van der Waals surface area (Å²) in [6.07, 6.45) is 6.89. The fourth-order valence-electron chi connectivity index (χ4n) is 3.06. The maximum absolute atomic E-state index is 6.21. The standard InChI is InChI=1S/C16H18BrClN2/c17-14-5-3-4-13-12(14)6-9-19-15(13)20-11-16(10-18)7-1-2-8-16/h3-6,9H,1-2,7-8,10-11H2,(H,19,20). The van der Waals surface area contributed by atoms with Gasteiger partial charge in [-0.25, -0.2) is 4.98 Å². The van der Waals surface area contributed by atoms with Crippen LogP contribution in [0.5, 0.6) is 0 Å². The van der Waals surface area contributed by atoms with Crippen molar-refractivity contribution >= 4 is 44.1 Å². The van der Waals surface area contributed by atoms with E-state index in [1.54, 1.807) is 0 Å². The molecule has 0 atom stereocenters. The summed E-state index contributed by atoms with van der Waals surface area (Å²) in [5, 5.41) is 5.88. The smallest absolute Gasteiger partial charge is 0.133 e. The number of anilines is 1. The zero-order valence-corrected chi connectivity index (χ0v) is 13.7. The lowest BCUT2D eigenvalue weighted by molar-refractivity contribution is 0.368. The Hall–Kier alpha value is -0.800. The zero-order valence-electron chi connectivity index (χ0n) is 11.3. The minimum atomic E-state index is 0.247. The van der Waals surface area contributed by atoms with Crippen molar-refractivity contribution in [3.8, 4) is 0 Å². The van der Waals surface area contributed by atoms with Gasteiger partial charge >= 0.3 is 0 Å². The van der Waals surface area contributed by atoms with E-state index in [4.69, 9.17) is 11.6 Å². The first-order chi connectivity index (χ1) is 9.74. The monoisotopic (exact) mass is 352 g/mol. The summed E-state index contributed by atoms with van der Waals surface area (Å²) < 4.78 is 1.10. The van der Waals surface area contributed by atoms with Gasteiger partial charge in [-0.3, -0.25) is 0 Å². The number of nitrogens with one attached hydrogen (secondary N) is 1. The van der Waals surface area contributed by atoms with Crippen LogP contribution in [0.4, 0.5) is 5.82 Å². The molecule has 1 aliphatic carbocycles. The summed E-state index contributed by atoms with van der Waals surface area (Å²) >= 11 is 9.80. The molecule has 1 heterocycles. The van der Waals surface area contributed by atoms with Gasteiger partial charge in [-0.2, -0.15) is 0 Å². The van der Waals surface area contributed by atoms with Crippen molar-refractivity contribution in [3.05, 3.63) is 34.9 Å². The van der Waals surface area contributed by atoms with Gasteiger partial charge in [0, 0.05) is 39.3 Å². The van der Waals surface area contributed by atoms with E-state index in [1.165, 1.54) is 31.1 Å². The molecular weight excluding hydrogens is 336 g/mol. The third-order valence-electron chi connectivity index (χ3n) is 4.33. The predicted molar refractivity (Wildman–Crippen MR) is 89.6 cm³/mol. The summed E-state index contributed by atoms with van der Waals surface area (Å²) in [6.45, 7) is 0.912. The maximum Gasteiger partial charge on any atom is 0.133 e. The molecule has 3 rings (SSSR count). The minimum Gasteiger partial charge on any atom is -0.369 e. The zero-order chi connectivity index (χ0) is 14.0. The van der Waals surface area contributed by atoms with Gasteiger partial charge in [0.05, 0.1) is 0 Å². The van der Waals surface area contributed by atoms with E-state index in [0.717, 1.165) is 28.1 Å². The molecule has 2 nitrogen and oxygen atoms in total. The van der Waals surface area contributed by atoms with Gasteiger partial charge in [0.15, 0.2) is 0 Å². The van der Waals surface area contributed by atoms with Crippen LogP contribution in [0.25, 0.3) is 10.8 Å². The Morgan fingerprint density at radius 1 is 1.20 bits per heavy atom. The highest BCUT2D eigenvalue weighted by Gasteiger charge is 2.32. The van der Waals surface area contributed by atoms with Crippen LogP contribution in [0.3, 0.4) is 0 Å². The molecule has 4 heteroatoms. The van der Waals surface area contributed by atoms with E-state index >= 15 is 0 Å². The van der Waals surface area contributed by atoms with Crippen LogP contribution in [0.15, 0.2) is 34.9 Å². The molecule has 1 saturated carbocycles. The number of alkyl halides is 1. The molecule has 1 fully saturated rings. The summed E-state index contributed by atoms with van der Waals surface area (Å²) in [4.78, 5) is 4.50. The molecule has 1 aromatic carbocycles. The lowest BCUT2D eigenvalue weighted by Gasteiger charge is -2.27. The van der Waals surface area contributed by atoms with Crippen molar-refractivity contribution in [2.45, 2.75) is 25.7 Å². The molecule has 0 spiro atoms. The first-order valence-corrected chi connectivity index (χ1v) is 8.40. The number of pyridine rings is 1. The first kappa shape index (κ1) is 14.2. The van der Waals surface area contributed by atoms with E-state index in [1.807, 2.05) is 18.3 Å². The Morgan fingerprint density at radius 3 is 2.75 bits per heavy atom. The fraction of sp³-hybridized carbons (Fsp3) is 0.438. The second kappa shape index (κ2) is 5.90. The second-order valence-corrected chi connectivity index (χ2v) is 6.81. The van der Waals surface area contributed by atoms with Crippen molar-refractivity contribution in [2.24, 2.45) is 5.41 Å². The maximum atomic E-state index is 6.21. The number of halogens is 2. The predicted octanol–water partition coefficient (Wildman–Crippen LogP) is 5.21. The molecule has 0 bridgehead atoms. The van der Waals surface area contributed by atoms with Gasteiger partial charge in [-0.15, -0.1) is 11.6 Å². The van der Waals surface area contributed by atoms with Crippen LogP contribution in [-0.2, 0) is 0 Å². The topological polar surface area (TPSA) is 24.9 Å². The summed E-state index contributed by atoms with van der Waals surface area (Å²) in [7, 11) is 0. The van der Waals surface area contributed by atoms with Crippen molar-refractivity contribution < 1.29 is 0 Å². The Bertz CT molecular complexity index is 608. The molecule has 1 aliphatic rings. The van der Waals surface area contributed by atoms with Crippen molar-refractivity contribution in [3.63, 3.8) is 0 Å². The van der Waals surface area contributed by atoms with Gasteiger partial charge < -0.3 is 5.32 Å². The highest BCUT2D eigenvalue weighted by atomic mass is 79.9. The Labute approximate surface area is 133 Å². The average molecular weight is 354 g/mol. The highest BCUT2D eigenvalue weighted by Crippen LogP contribution is 2.39. The van der Waals surface area contributed by atoms with E-state index in [-0.39, 0.29) is 5.41 Å². The Kier molecular flexibility index (Phi) is 4.18. The van der Waals surface area contributed by atoms with Crippen LogP contribution in [0.1, 0.15) is 25.7 Å². The minimum absolute atomic E-state index is 0.247. The molecule has 0 aliphatic heterocycles. The van der Waals surface area contributed by atoms with Gasteiger partial charge in [0.2, 0.25) is 0 Å². The van der Waals surface area contributed by atoms with Crippen LogP contribution >= 0.6 is 27.5 Å². The number of hydrogen-bond donors (Lipinski definition) is 1. The molecule has 0 saturated heterocycles. The number of benzene rings is 1. The molecular formula is C16H18BrClN2. The van der Waals surface area contributed by atoms with Crippen LogP contribution < -0.4 is 5.32 Å². The number of aromatic nitrogens is 1. The van der Waals surface area contributed by atoms with Gasteiger partial charge in [-0.05, 0) is 25.0 Å². The quantitative estimate of drug-likeness (QED) is 0.763. The second-order valence-electron chi connectivity index (χ2n) is 5.69. The van der Waals surface area contributed by atoms with Crippen LogP contribution in [-0.4, -0.2) is 17.4 Å². The van der Waals surface area contributed by atoms with E-state index in [0.29, 0.717) is 0 Å². The van der Waals surface area contributed by atoms with Crippen LogP contribution in [0, 0.1) is 5.41 Å². The molecule has 0 radical (unpaired) electrons. The lowest BCUT2D eigenvalue weighted by Crippen LogP contribution is -2.28. The van der Waals surface area contributed by atoms with Crippen molar-refractivity contribution in [2.75, 3.05) is 17.7 Å². The van der Waals surface area contributed by atoms with E-state index < -0.39 is 0 Å². The van der Waals surface area contributed by atoms with Gasteiger partial charge in [0.1, 0.15) is 5.82 Å². The Morgan fingerprint density at radius 2 is 2.00 bits per heavy atom. The highest BCUT2D eigenvalue weighted by molar-refractivity contribution is 9.10. The molecule has 20 heavy (non-hydrogen) atoms. The normalized spacial score (nSPS) is 17.5. The Balaban J connectivity index is 1.86. The fourth-order valence-corrected chi connectivity index (χ4v) is 3.92. The van der Waals surface area contributed by atoms with Gasteiger partial charge in [0.25, 0.3) is 0 Å². The number of hydrogen-bond acceptors (Lipinski definition) is 2. The number of rotatable bonds is 4. The third-order valence-corrected chi connectivity index (χ3v) is 5.59. The molecule has 1 aromatic heterocycles. The van der Waals surface area contributed by atoms with Crippen molar-refractivity contribution in [1.82, 2.24) is 4.98 Å². The molecule has 2 aromatic rings. The number of nitrogens with zero attached hydrogens (tertiary/aromatic N) is 1. The summed E-state index contributed by atoms with van der Waals surface area (Å²) in [5.74, 6) is 1.69.